The van der Waals surface area contributed by atoms with Crippen LogP contribution >= 0.6 is 15.9 Å². The van der Waals surface area contributed by atoms with Crippen LogP contribution < -0.4 is 10.1 Å². The van der Waals surface area contributed by atoms with Gasteiger partial charge in [-0.3, -0.25) is 4.79 Å². The molecule has 1 amide bonds. The lowest BCUT2D eigenvalue weighted by atomic mass is 9.73. The SMILES string of the molecule is O=C(Nc1ccc(OCc2ccccc2)nc1)C1(c2ccc(Br)cc2)CCOCC1. The minimum Gasteiger partial charge on any atom is -0.473 e. The van der Waals surface area contributed by atoms with Gasteiger partial charge in [0.25, 0.3) is 0 Å². The maximum Gasteiger partial charge on any atom is 0.235 e. The molecule has 6 heteroatoms. The molecule has 2 heterocycles. The molecule has 1 N–H and O–H groups in total. The van der Waals surface area contributed by atoms with E-state index in [1.54, 1.807) is 12.3 Å². The van der Waals surface area contributed by atoms with Crippen LogP contribution in [-0.4, -0.2) is 24.1 Å². The van der Waals surface area contributed by atoms with E-state index >= 15 is 0 Å². The second kappa shape index (κ2) is 9.41. The molecule has 154 valence electrons. The molecule has 1 aliphatic heterocycles. The number of rotatable bonds is 6. The highest BCUT2D eigenvalue weighted by Gasteiger charge is 2.41. The number of hydrogen-bond acceptors (Lipinski definition) is 4. The van der Waals surface area contributed by atoms with Gasteiger partial charge in [-0.15, -0.1) is 0 Å². The Morgan fingerprint density at radius 1 is 1.03 bits per heavy atom. The van der Waals surface area contributed by atoms with E-state index in [4.69, 9.17) is 9.47 Å². The number of nitrogens with zero attached hydrogens (tertiary/aromatic N) is 1. The standard InChI is InChI=1S/C24H23BrN2O3/c25-20-8-6-19(7-9-20)24(12-14-29-15-13-24)23(28)27-21-10-11-22(26-16-21)30-17-18-4-2-1-3-5-18/h1-11,16H,12-15,17H2,(H,27,28). The van der Waals surface area contributed by atoms with E-state index in [1.165, 1.54) is 0 Å². The van der Waals surface area contributed by atoms with Crippen molar-refractivity contribution in [2.24, 2.45) is 0 Å². The zero-order chi connectivity index (χ0) is 20.8. The van der Waals surface area contributed by atoms with Gasteiger partial charge in [0.05, 0.1) is 17.3 Å². The molecule has 4 rings (SSSR count). The maximum atomic E-state index is 13.3. The lowest BCUT2D eigenvalue weighted by molar-refractivity contribution is -0.125. The second-order valence-electron chi connectivity index (χ2n) is 7.31. The quantitative estimate of drug-likeness (QED) is 0.548. The highest BCUT2D eigenvalue weighted by molar-refractivity contribution is 9.10. The maximum absolute atomic E-state index is 13.3. The molecule has 2 aromatic carbocycles. The largest absolute Gasteiger partial charge is 0.473 e. The van der Waals surface area contributed by atoms with Crippen LogP contribution in [0.25, 0.3) is 0 Å². The number of benzene rings is 2. The normalized spacial score (nSPS) is 15.4. The first-order chi connectivity index (χ1) is 14.7. The van der Waals surface area contributed by atoms with Crippen molar-refractivity contribution < 1.29 is 14.3 Å². The fraction of sp³-hybridized carbons (Fsp3) is 0.250. The number of hydrogen-bond donors (Lipinski definition) is 1. The number of pyridine rings is 1. The Morgan fingerprint density at radius 2 is 1.77 bits per heavy atom. The number of aromatic nitrogens is 1. The van der Waals surface area contributed by atoms with Crippen molar-refractivity contribution in [2.75, 3.05) is 18.5 Å². The molecule has 1 aromatic heterocycles. The Bertz CT molecular complexity index is 970. The van der Waals surface area contributed by atoms with E-state index in [2.05, 4.69) is 26.2 Å². The van der Waals surface area contributed by atoms with Crippen LogP contribution in [-0.2, 0) is 21.6 Å². The fourth-order valence-electron chi connectivity index (χ4n) is 3.66. The number of nitrogens with one attached hydrogen (secondary N) is 1. The summed E-state index contributed by atoms with van der Waals surface area (Å²) >= 11 is 3.47. The molecular weight excluding hydrogens is 444 g/mol. The van der Waals surface area contributed by atoms with Crippen LogP contribution in [0, 0.1) is 0 Å². The summed E-state index contributed by atoms with van der Waals surface area (Å²) < 4.78 is 12.2. The minimum atomic E-state index is -0.610. The molecule has 0 radical (unpaired) electrons. The molecule has 0 unspecified atom stereocenters. The zero-order valence-electron chi connectivity index (χ0n) is 16.5. The Labute approximate surface area is 184 Å². The first kappa shape index (κ1) is 20.6. The van der Waals surface area contributed by atoms with Gasteiger partial charge in [-0.1, -0.05) is 58.4 Å². The molecule has 1 saturated heterocycles. The summed E-state index contributed by atoms with van der Waals surface area (Å²) in [5, 5.41) is 3.04. The lowest BCUT2D eigenvalue weighted by Crippen LogP contribution is -2.44. The van der Waals surface area contributed by atoms with Crippen LogP contribution in [0.15, 0.2) is 77.4 Å². The first-order valence-electron chi connectivity index (χ1n) is 9.94. The van der Waals surface area contributed by atoms with E-state index in [0.29, 0.717) is 44.2 Å². The van der Waals surface area contributed by atoms with Crippen LogP contribution in [0.2, 0.25) is 0 Å². The summed E-state index contributed by atoms with van der Waals surface area (Å²) in [6.45, 7) is 1.58. The highest BCUT2D eigenvalue weighted by Crippen LogP contribution is 2.36. The van der Waals surface area contributed by atoms with Crippen molar-refractivity contribution in [2.45, 2.75) is 24.9 Å². The summed E-state index contributed by atoms with van der Waals surface area (Å²) in [4.78, 5) is 17.7. The number of halogens is 1. The lowest BCUT2D eigenvalue weighted by Gasteiger charge is -2.36. The third-order valence-corrected chi connectivity index (χ3v) is 5.93. The minimum absolute atomic E-state index is 0.0344. The molecule has 5 nitrogen and oxygen atoms in total. The molecule has 0 saturated carbocycles. The van der Waals surface area contributed by atoms with Gasteiger partial charge in [-0.05, 0) is 42.2 Å². The molecule has 3 aromatic rings. The van der Waals surface area contributed by atoms with Crippen molar-refractivity contribution in [3.63, 3.8) is 0 Å². The van der Waals surface area contributed by atoms with E-state index < -0.39 is 5.41 Å². The van der Waals surface area contributed by atoms with Crippen molar-refractivity contribution in [3.8, 4) is 5.88 Å². The summed E-state index contributed by atoms with van der Waals surface area (Å²) in [6, 6.07) is 21.5. The van der Waals surface area contributed by atoms with Crippen molar-refractivity contribution in [1.82, 2.24) is 4.98 Å². The molecule has 0 spiro atoms. The summed E-state index contributed by atoms with van der Waals surface area (Å²) in [6.07, 6.45) is 2.92. The van der Waals surface area contributed by atoms with Crippen molar-refractivity contribution in [1.29, 1.82) is 0 Å². The first-order valence-corrected chi connectivity index (χ1v) is 10.7. The van der Waals surface area contributed by atoms with Crippen LogP contribution in [0.5, 0.6) is 5.88 Å². The predicted octanol–water partition coefficient (Wildman–Crippen LogP) is 5.11. The molecule has 30 heavy (non-hydrogen) atoms. The summed E-state index contributed by atoms with van der Waals surface area (Å²) in [5.41, 5.74) is 2.12. The van der Waals surface area contributed by atoms with Crippen LogP contribution in [0.1, 0.15) is 24.0 Å². The Kier molecular flexibility index (Phi) is 6.45. The number of carbonyl (C=O) groups is 1. The molecular formula is C24H23BrN2O3. The topological polar surface area (TPSA) is 60.5 Å². The molecule has 0 aliphatic carbocycles. The molecule has 0 atom stereocenters. The second-order valence-corrected chi connectivity index (χ2v) is 8.23. The van der Waals surface area contributed by atoms with Crippen molar-refractivity contribution in [3.05, 3.63) is 88.5 Å². The molecule has 0 bridgehead atoms. The van der Waals surface area contributed by atoms with Gasteiger partial charge in [0.2, 0.25) is 11.8 Å². The Morgan fingerprint density at radius 3 is 2.43 bits per heavy atom. The zero-order valence-corrected chi connectivity index (χ0v) is 18.1. The van der Waals surface area contributed by atoms with Crippen molar-refractivity contribution >= 4 is 27.5 Å². The van der Waals surface area contributed by atoms with Crippen LogP contribution in [0.3, 0.4) is 0 Å². The van der Waals surface area contributed by atoms with E-state index in [-0.39, 0.29) is 5.91 Å². The van der Waals surface area contributed by atoms with Crippen LogP contribution in [0.4, 0.5) is 5.69 Å². The summed E-state index contributed by atoms with van der Waals surface area (Å²) in [5.74, 6) is 0.485. The highest BCUT2D eigenvalue weighted by atomic mass is 79.9. The fourth-order valence-corrected chi connectivity index (χ4v) is 3.92. The van der Waals surface area contributed by atoms with E-state index in [1.807, 2.05) is 60.7 Å². The monoisotopic (exact) mass is 466 g/mol. The Hall–Kier alpha value is -2.70. The van der Waals surface area contributed by atoms with E-state index in [9.17, 15) is 4.79 Å². The third kappa shape index (κ3) is 4.71. The van der Waals surface area contributed by atoms with Gasteiger partial charge in [0.1, 0.15) is 6.61 Å². The number of carbonyl (C=O) groups excluding carboxylic acids is 1. The Balaban J connectivity index is 1.45. The predicted molar refractivity (Wildman–Crippen MR) is 120 cm³/mol. The van der Waals surface area contributed by atoms with Gasteiger partial charge in [-0.2, -0.15) is 0 Å². The molecule has 1 fully saturated rings. The average molecular weight is 467 g/mol. The van der Waals surface area contributed by atoms with Gasteiger partial charge in [0.15, 0.2) is 0 Å². The average Bonchev–Trinajstić information content (AvgIpc) is 2.80. The third-order valence-electron chi connectivity index (χ3n) is 5.40. The van der Waals surface area contributed by atoms with E-state index in [0.717, 1.165) is 15.6 Å². The number of ether oxygens (including phenoxy) is 2. The van der Waals surface area contributed by atoms with Gasteiger partial charge in [-0.25, -0.2) is 4.98 Å². The smallest absolute Gasteiger partial charge is 0.235 e. The number of anilines is 1. The molecule has 1 aliphatic rings. The van der Waals surface area contributed by atoms with Gasteiger partial charge >= 0.3 is 0 Å². The van der Waals surface area contributed by atoms with Gasteiger partial charge < -0.3 is 14.8 Å². The number of amides is 1. The summed E-state index contributed by atoms with van der Waals surface area (Å²) in [7, 11) is 0. The van der Waals surface area contributed by atoms with Gasteiger partial charge in [0, 0.05) is 23.8 Å².